The first kappa shape index (κ1) is 15.8. The Balaban J connectivity index is 0. The van der Waals surface area contributed by atoms with Crippen LogP contribution in [-0.4, -0.2) is 0 Å². The van der Waals surface area contributed by atoms with E-state index in [1.807, 2.05) is 0 Å². The largest absolute Gasteiger partial charge is 0.358 e. The van der Waals surface area contributed by atoms with Crippen LogP contribution in [0, 0.1) is 27.3 Å². The molecule has 0 amide bonds. The van der Waals surface area contributed by atoms with Gasteiger partial charge in [-0.25, -0.2) is 0 Å². The SMILES string of the molecule is Cc1c[c-]cc(C)c1C(C)C.[CH3-].[Y]. The van der Waals surface area contributed by atoms with Crippen LogP contribution in [0.2, 0.25) is 0 Å². The fourth-order valence-electron chi connectivity index (χ4n) is 1.67. The Morgan fingerprint density at radius 3 is 1.69 bits per heavy atom. The summed E-state index contributed by atoms with van der Waals surface area (Å²) in [5.74, 6) is 0.629. The van der Waals surface area contributed by atoms with Crippen molar-refractivity contribution in [1.82, 2.24) is 0 Å². The first-order valence-electron chi connectivity index (χ1n) is 4.10. The van der Waals surface area contributed by atoms with Crippen molar-refractivity contribution in [3.05, 3.63) is 42.3 Å². The average molecular weight is 251 g/mol. The van der Waals surface area contributed by atoms with E-state index in [2.05, 4.69) is 45.9 Å². The Kier molecular flexibility index (Phi) is 8.17. The van der Waals surface area contributed by atoms with E-state index in [1.165, 1.54) is 16.7 Å². The van der Waals surface area contributed by atoms with Gasteiger partial charge in [-0.1, -0.05) is 27.7 Å². The van der Waals surface area contributed by atoms with Crippen LogP contribution in [0.15, 0.2) is 12.1 Å². The second kappa shape index (κ2) is 6.73. The Bertz CT molecular complexity index is 231. The van der Waals surface area contributed by atoms with Gasteiger partial charge in [0.05, 0.1) is 0 Å². The molecule has 1 radical (unpaired) electrons. The normalized spacial score (nSPS) is 9.00. The summed E-state index contributed by atoms with van der Waals surface area (Å²) in [7, 11) is 0. The smallest absolute Gasteiger partial charge is 0 e. The molecule has 0 nitrogen and oxygen atoms in total. The van der Waals surface area contributed by atoms with E-state index in [1.54, 1.807) is 0 Å². The monoisotopic (exact) mass is 251 g/mol. The fourth-order valence-corrected chi connectivity index (χ4v) is 1.67. The van der Waals surface area contributed by atoms with Crippen LogP contribution in [0.4, 0.5) is 0 Å². The van der Waals surface area contributed by atoms with Gasteiger partial charge in [-0.05, 0) is 5.92 Å². The maximum atomic E-state index is 3.12. The standard InChI is InChI=1S/C11H15.CH3.Y/c1-8(2)11-9(3)6-5-7-10(11)4;;/h6-8H,1-4H3;1H3;/q2*-1;. The van der Waals surface area contributed by atoms with Gasteiger partial charge in [0, 0.05) is 32.7 Å². The van der Waals surface area contributed by atoms with Crippen LogP contribution in [-0.2, 0) is 32.7 Å². The first-order chi connectivity index (χ1) is 5.13. The molecule has 0 heterocycles. The van der Waals surface area contributed by atoms with E-state index in [9.17, 15) is 0 Å². The Hall–Kier alpha value is 0.324. The molecule has 71 valence electrons. The number of hydrogen-bond acceptors (Lipinski definition) is 0. The van der Waals surface area contributed by atoms with Gasteiger partial charge in [0.2, 0.25) is 0 Å². The second-order valence-electron chi connectivity index (χ2n) is 3.39. The molecule has 1 aromatic carbocycles. The zero-order valence-electron chi connectivity index (χ0n) is 9.31. The maximum Gasteiger partial charge on any atom is 0 e. The molecule has 0 aromatic heterocycles. The van der Waals surface area contributed by atoms with Crippen LogP contribution in [0.3, 0.4) is 0 Å². The molecule has 13 heavy (non-hydrogen) atoms. The van der Waals surface area contributed by atoms with Gasteiger partial charge in [0.25, 0.3) is 0 Å². The summed E-state index contributed by atoms with van der Waals surface area (Å²) in [4.78, 5) is 0. The zero-order chi connectivity index (χ0) is 8.43. The molecule has 0 fully saturated rings. The summed E-state index contributed by atoms with van der Waals surface area (Å²) in [5.41, 5.74) is 4.20. The van der Waals surface area contributed by atoms with Crippen molar-refractivity contribution in [1.29, 1.82) is 0 Å². The Labute approximate surface area is 108 Å². The van der Waals surface area contributed by atoms with Gasteiger partial charge in [0.1, 0.15) is 0 Å². The molecular formula is C12H18Y-2. The van der Waals surface area contributed by atoms with Crippen molar-refractivity contribution in [2.45, 2.75) is 33.6 Å². The molecule has 0 saturated heterocycles. The van der Waals surface area contributed by atoms with E-state index in [4.69, 9.17) is 0 Å². The van der Waals surface area contributed by atoms with E-state index in [0.29, 0.717) is 5.92 Å². The molecule has 0 unspecified atom stereocenters. The van der Waals surface area contributed by atoms with E-state index in [0.717, 1.165) is 0 Å². The van der Waals surface area contributed by atoms with Crippen molar-refractivity contribution in [3.63, 3.8) is 0 Å². The van der Waals surface area contributed by atoms with Crippen molar-refractivity contribution in [2.24, 2.45) is 0 Å². The topological polar surface area (TPSA) is 0 Å². The fraction of sp³-hybridized carbons (Fsp3) is 0.417. The zero-order valence-corrected chi connectivity index (χ0v) is 12.1. The third-order valence-corrected chi connectivity index (χ3v) is 2.03. The third kappa shape index (κ3) is 3.91. The van der Waals surface area contributed by atoms with Crippen molar-refractivity contribution in [3.8, 4) is 0 Å². The minimum Gasteiger partial charge on any atom is -0.358 e. The van der Waals surface area contributed by atoms with Gasteiger partial charge in [0.15, 0.2) is 0 Å². The van der Waals surface area contributed by atoms with Crippen LogP contribution < -0.4 is 0 Å². The molecule has 0 saturated carbocycles. The Morgan fingerprint density at radius 1 is 1.08 bits per heavy atom. The van der Waals surface area contributed by atoms with E-state index in [-0.39, 0.29) is 40.1 Å². The van der Waals surface area contributed by atoms with E-state index >= 15 is 0 Å². The summed E-state index contributed by atoms with van der Waals surface area (Å²) in [5, 5.41) is 0. The average Bonchev–Trinajstić information content (AvgIpc) is 1.85. The molecule has 0 aliphatic heterocycles. The van der Waals surface area contributed by atoms with Crippen LogP contribution in [0.25, 0.3) is 0 Å². The summed E-state index contributed by atoms with van der Waals surface area (Å²) < 4.78 is 0. The van der Waals surface area contributed by atoms with Gasteiger partial charge in [-0.15, -0.1) is 5.56 Å². The predicted octanol–water partition coefficient (Wildman–Crippen LogP) is 3.67. The summed E-state index contributed by atoms with van der Waals surface area (Å²) >= 11 is 0. The number of rotatable bonds is 1. The predicted molar refractivity (Wildman–Crippen MR) is 55.3 cm³/mol. The van der Waals surface area contributed by atoms with Crippen LogP contribution in [0.1, 0.15) is 36.5 Å². The maximum absolute atomic E-state index is 3.12. The quantitative estimate of drug-likeness (QED) is 0.668. The van der Waals surface area contributed by atoms with Crippen molar-refractivity contribution in [2.75, 3.05) is 0 Å². The van der Waals surface area contributed by atoms with Crippen LogP contribution in [0.5, 0.6) is 0 Å². The molecule has 0 atom stereocenters. The first-order valence-corrected chi connectivity index (χ1v) is 4.10. The molecule has 1 aromatic rings. The van der Waals surface area contributed by atoms with Crippen molar-refractivity contribution < 1.29 is 32.7 Å². The Morgan fingerprint density at radius 2 is 1.46 bits per heavy atom. The molecule has 1 rings (SSSR count). The minimum absolute atomic E-state index is 0. The molecule has 0 N–H and O–H groups in total. The minimum atomic E-state index is 0. The summed E-state index contributed by atoms with van der Waals surface area (Å²) in [6, 6.07) is 7.24. The molecule has 0 spiro atoms. The number of hydrogen-bond donors (Lipinski definition) is 0. The number of benzene rings is 1. The molecular weight excluding hydrogens is 233 g/mol. The van der Waals surface area contributed by atoms with Gasteiger partial charge < -0.3 is 7.43 Å². The van der Waals surface area contributed by atoms with Crippen LogP contribution >= 0.6 is 0 Å². The van der Waals surface area contributed by atoms with Gasteiger partial charge in [-0.2, -0.15) is 29.3 Å². The summed E-state index contributed by atoms with van der Waals surface area (Å²) in [6.45, 7) is 8.77. The second-order valence-corrected chi connectivity index (χ2v) is 3.39. The molecule has 1 heteroatoms. The molecule has 0 aliphatic carbocycles. The number of aryl methyl sites for hydroxylation is 2. The third-order valence-electron chi connectivity index (χ3n) is 2.03. The summed E-state index contributed by atoms with van der Waals surface area (Å²) in [6.07, 6.45) is 0. The van der Waals surface area contributed by atoms with Gasteiger partial charge in [-0.3, -0.25) is 0 Å². The van der Waals surface area contributed by atoms with Gasteiger partial charge >= 0.3 is 0 Å². The molecule has 0 aliphatic rings. The van der Waals surface area contributed by atoms with E-state index < -0.39 is 0 Å². The molecule has 0 bridgehead atoms. The van der Waals surface area contributed by atoms with Crippen molar-refractivity contribution >= 4 is 0 Å².